The van der Waals surface area contributed by atoms with Gasteiger partial charge in [0.2, 0.25) is 6.23 Å². The van der Waals surface area contributed by atoms with Crippen LogP contribution in [0.3, 0.4) is 0 Å². The van der Waals surface area contributed by atoms with Crippen LogP contribution in [0.25, 0.3) is 0 Å². The fourth-order valence-corrected chi connectivity index (χ4v) is 5.04. The Morgan fingerprint density at radius 3 is 2.44 bits per heavy atom. The molecule has 0 aromatic heterocycles. The summed E-state index contributed by atoms with van der Waals surface area (Å²) in [5.74, 6) is 2.57. The number of unbranched alkanes of at least 4 members (excludes halogenated alkanes) is 4. The van der Waals surface area contributed by atoms with Gasteiger partial charge in [0.15, 0.2) is 0 Å². The predicted octanol–water partition coefficient (Wildman–Crippen LogP) is 7.94. The Morgan fingerprint density at radius 2 is 1.69 bits per heavy atom. The van der Waals surface area contributed by atoms with E-state index in [1.165, 1.54) is 25.7 Å². The van der Waals surface area contributed by atoms with E-state index in [0.717, 1.165) is 59.1 Å². The Kier molecular flexibility index (Phi) is 7.66. The topological polar surface area (TPSA) is 43.3 Å². The highest BCUT2D eigenvalue weighted by atomic mass is 35.5. The molecule has 0 saturated carbocycles. The SMILES string of the molecule is CCCCCCCOc1ccc([C@@H]2Oc3ccc(Cl)cc3[C@H]3CC(c4ccc(OC)cc4)=NN32)cc1. The lowest BCUT2D eigenvalue weighted by Crippen LogP contribution is -2.33. The van der Waals surface area contributed by atoms with E-state index in [0.29, 0.717) is 5.02 Å². The number of methoxy groups -OCH3 is 1. The summed E-state index contributed by atoms with van der Waals surface area (Å²) in [5.41, 5.74) is 4.20. The second-order valence-electron chi connectivity index (χ2n) is 9.36. The number of ether oxygens (including phenoxy) is 3. The van der Waals surface area contributed by atoms with Crippen molar-refractivity contribution in [3.63, 3.8) is 0 Å². The minimum Gasteiger partial charge on any atom is -0.497 e. The first-order valence-electron chi connectivity index (χ1n) is 12.9. The summed E-state index contributed by atoms with van der Waals surface area (Å²) in [5, 5.41) is 7.81. The number of fused-ring (bicyclic) bond motifs is 3. The van der Waals surface area contributed by atoms with Gasteiger partial charge in [-0.15, -0.1) is 0 Å². The largest absolute Gasteiger partial charge is 0.497 e. The van der Waals surface area contributed by atoms with Crippen molar-refractivity contribution in [1.29, 1.82) is 0 Å². The zero-order valence-corrected chi connectivity index (χ0v) is 21.7. The number of benzene rings is 3. The van der Waals surface area contributed by atoms with Gasteiger partial charge in [-0.25, -0.2) is 5.01 Å². The Balaban J connectivity index is 1.36. The van der Waals surface area contributed by atoms with Crippen LogP contribution in [0.1, 0.15) is 74.4 Å². The van der Waals surface area contributed by atoms with Crippen molar-refractivity contribution in [2.75, 3.05) is 13.7 Å². The van der Waals surface area contributed by atoms with Gasteiger partial charge in [0.05, 0.1) is 25.5 Å². The first kappa shape index (κ1) is 24.5. The van der Waals surface area contributed by atoms with Crippen molar-refractivity contribution in [2.24, 2.45) is 5.10 Å². The molecule has 3 aromatic rings. The van der Waals surface area contributed by atoms with Gasteiger partial charge in [-0.05, 0) is 78.7 Å². The molecule has 0 fully saturated rings. The fraction of sp³-hybridized carbons (Fsp3) is 0.367. The molecule has 2 aliphatic rings. The van der Waals surface area contributed by atoms with E-state index in [1.807, 2.05) is 42.5 Å². The summed E-state index contributed by atoms with van der Waals surface area (Å²) in [4.78, 5) is 0. The summed E-state index contributed by atoms with van der Waals surface area (Å²) in [6.07, 6.45) is 6.58. The zero-order valence-electron chi connectivity index (χ0n) is 21.0. The first-order chi connectivity index (χ1) is 17.7. The average molecular weight is 505 g/mol. The van der Waals surface area contributed by atoms with E-state index in [-0.39, 0.29) is 12.3 Å². The highest BCUT2D eigenvalue weighted by Gasteiger charge is 2.41. The summed E-state index contributed by atoms with van der Waals surface area (Å²) < 4.78 is 17.8. The molecule has 0 spiro atoms. The molecular formula is C30H33ClN2O3. The molecule has 0 radical (unpaired) electrons. The lowest BCUT2D eigenvalue weighted by molar-refractivity contribution is -0.0190. The minimum absolute atomic E-state index is 0.0496. The molecule has 188 valence electrons. The third-order valence-electron chi connectivity index (χ3n) is 6.86. The fourth-order valence-electron chi connectivity index (χ4n) is 4.86. The van der Waals surface area contributed by atoms with Crippen LogP contribution in [0.5, 0.6) is 17.2 Å². The standard InChI is InChI=1S/C30H33ClN2O3/c1-3-4-5-6-7-18-35-25-15-10-22(11-16-25)30-33-28(26-19-23(31)12-17-29(26)36-30)20-27(32-33)21-8-13-24(34-2)14-9-21/h8-17,19,28,30H,3-7,18,20H2,1-2H3/t28-,30+/m1/s1. The molecule has 6 heteroatoms. The van der Waals surface area contributed by atoms with E-state index in [2.05, 4.69) is 36.2 Å². The van der Waals surface area contributed by atoms with E-state index in [1.54, 1.807) is 7.11 Å². The third kappa shape index (κ3) is 5.31. The molecular weight excluding hydrogens is 472 g/mol. The quantitative estimate of drug-likeness (QED) is 0.263. The van der Waals surface area contributed by atoms with Gasteiger partial charge in [0.25, 0.3) is 0 Å². The Hall–Kier alpha value is -3.18. The van der Waals surface area contributed by atoms with E-state index < -0.39 is 0 Å². The number of halogens is 1. The van der Waals surface area contributed by atoms with Crippen LogP contribution in [-0.2, 0) is 0 Å². The highest BCUT2D eigenvalue weighted by Crippen LogP contribution is 2.48. The van der Waals surface area contributed by atoms with E-state index in [9.17, 15) is 0 Å². The number of hydrogen-bond donors (Lipinski definition) is 0. The normalized spacial score (nSPS) is 18.2. The van der Waals surface area contributed by atoms with Crippen LogP contribution < -0.4 is 14.2 Å². The first-order valence-corrected chi connectivity index (χ1v) is 13.2. The van der Waals surface area contributed by atoms with Gasteiger partial charge in [0, 0.05) is 22.6 Å². The molecule has 36 heavy (non-hydrogen) atoms. The maximum Gasteiger partial charge on any atom is 0.213 e. The third-order valence-corrected chi connectivity index (χ3v) is 7.09. The second-order valence-corrected chi connectivity index (χ2v) is 9.80. The van der Waals surface area contributed by atoms with E-state index >= 15 is 0 Å². The predicted molar refractivity (Wildman–Crippen MR) is 144 cm³/mol. The molecule has 0 amide bonds. The van der Waals surface area contributed by atoms with Crippen molar-refractivity contribution in [3.05, 3.63) is 88.4 Å². The molecule has 0 unspecified atom stereocenters. The second kappa shape index (κ2) is 11.3. The van der Waals surface area contributed by atoms with Gasteiger partial charge in [0.1, 0.15) is 17.2 Å². The van der Waals surface area contributed by atoms with Crippen LogP contribution in [-0.4, -0.2) is 24.4 Å². The average Bonchev–Trinajstić information content (AvgIpc) is 3.37. The van der Waals surface area contributed by atoms with Gasteiger partial charge in [-0.2, -0.15) is 5.10 Å². The highest BCUT2D eigenvalue weighted by molar-refractivity contribution is 6.30. The minimum atomic E-state index is -0.331. The smallest absolute Gasteiger partial charge is 0.213 e. The molecule has 2 aliphatic heterocycles. The Morgan fingerprint density at radius 1 is 0.944 bits per heavy atom. The van der Waals surface area contributed by atoms with Gasteiger partial charge >= 0.3 is 0 Å². The number of hydrogen-bond acceptors (Lipinski definition) is 5. The Bertz CT molecular complexity index is 1190. The maximum absolute atomic E-state index is 6.48. The van der Waals surface area contributed by atoms with Crippen molar-refractivity contribution < 1.29 is 14.2 Å². The van der Waals surface area contributed by atoms with Gasteiger partial charge < -0.3 is 14.2 Å². The molecule has 0 bridgehead atoms. The molecule has 2 atom stereocenters. The van der Waals surface area contributed by atoms with Crippen molar-refractivity contribution in [2.45, 2.75) is 57.7 Å². The number of hydrazone groups is 1. The molecule has 5 nitrogen and oxygen atoms in total. The van der Waals surface area contributed by atoms with Crippen molar-refractivity contribution in [1.82, 2.24) is 5.01 Å². The molecule has 0 aliphatic carbocycles. The monoisotopic (exact) mass is 504 g/mol. The number of nitrogens with zero attached hydrogens (tertiary/aromatic N) is 2. The molecule has 5 rings (SSSR count). The van der Waals surface area contributed by atoms with Crippen LogP contribution in [0, 0.1) is 0 Å². The van der Waals surface area contributed by atoms with Gasteiger partial charge in [-0.3, -0.25) is 0 Å². The summed E-state index contributed by atoms with van der Waals surface area (Å²) in [7, 11) is 1.68. The van der Waals surface area contributed by atoms with Crippen LogP contribution >= 0.6 is 11.6 Å². The van der Waals surface area contributed by atoms with Crippen LogP contribution in [0.2, 0.25) is 5.02 Å². The molecule has 0 N–H and O–H groups in total. The number of rotatable bonds is 10. The summed E-state index contributed by atoms with van der Waals surface area (Å²) >= 11 is 6.36. The van der Waals surface area contributed by atoms with Crippen LogP contribution in [0.15, 0.2) is 71.8 Å². The van der Waals surface area contributed by atoms with Crippen molar-refractivity contribution >= 4 is 17.3 Å². The molecule has 3 aromatic carbocycles. The van der Waals surface area contributed by atoms with Gasteiger partial charge in [-0.1, -0.05) is 44.2 Å². The Labute approximate surface area is 218 Å². The summed E-state index contributed by atoms with van der Waals surface area (Å²) in [6.45, 7) is 2.98. The molecule has 2 heterocycles. The zero-order chi connectivity index (χ0) is 24.9. The summed E-state index contributed by atoms with van der Waals surface area (Å²) in [6, 6.07) is 22.1. The lowest BCUT2D eigenvalue weighted by Gasteiger charge is -2.38. The maximum atomic E-state index is 6.48. The lowest BCUT2D eigenvalue weighted by atomic mass is 9.96. The van der Waals surface area contributed by atoms with E-state index in [4.69, 9.17) is 30.9 Å². The molecule has 0 saturated heterocycles. The van der Waals surface area contributed by atoms with Crippen molar-refractivity contribution in [3.8, 4) is 17.2 Å². The van der Waals surface area contributed by atoms with Crippen LogP contribution in [0.4, 0.5) is 0 Å².